The van der Waals surface area contributed by atoms with Crippen LogP contribution in [0.15, 0.2) is 34.9 Å². The number of para-hydroxylation sites is 1. The molecule has 0 saturated heterocycles. The van der Waals surface area contributed by atoms with Crippen molar-refractivity contribution in [3.05, 3.63) is 42.0 Å². The molecule has 5 heteroatoms. The van der Waals surface area contributed by atoms with Crippen molar-refractivity contribution in [3.8, 4) is 5.75 Å². The molecule has 0 atom stereocenters. The van der Waals surface area contributed by atoms with Gasteiger partial charge in [0.05, 0.1) is 0 Å². The molecule has 2 aromatic rings. The van der Waals surface area contributed by atoms with Crippen molar-refractivity contribution in [2.24, 2.45) is 0 Å². The highest BCUT2D eigenvalue weighted by atomic mass is 16.5. The summed E-state index contributed by atoms with van der Waals surface area (Å²) in [6.07, 6.45) is 4.54. The lowest BCUT2D eigenvalue weighted by Gasteiger charge is -2.25. The Balaban J connectivity index is 1.54. The van der Waals surface area contributed by atoms with Gasteiger partial charge in [-0.15, -0.1) is 0 Å². The predicted molar refractivity (Wildman–Crippen MR) is 79.1 cm³/mol. The molecule has 0 spiro atoms. The fraction of sp³-hybridized carbons (Fsp3) is 0.500. The highest BCUT2D eigenvalue weighted by Gasteiger charge is 2.25. The van der Waals surface area contributed by atoms with Gasteiger partial charge in [0, 0.05) is 12.0 Å². The van der Waals surface area contributed by atoms with E-state index in [-0.39, 0.29) is 0 Å². The van der Waals surface area contributed by atoms with E-state index in [2.05, 4.69) is 15.5 Å². The summed E-state index contributed by atoms with van der Waals surface area (Å²) >= 11 is 0. The van der Waals surface area contributed by atoms with Crippen LogP contribution in [0.25, 0.3) is 0 Å². The Bertz CT molecular complexity index is 548. The molecule has 1 saturated carbocycles. The maximum atomic E-state index is 5.63. The second-order valence-electron chi connectivity index (χ2n) is 5.49. The second kappa shape index (κ2) is 6.72. The first-order chi connectivity index (χ1) is 10.3. The number of nitrogens with zero attached hydrogens (tertiary/aromatic N) is 2. The van der Waals surface area contributed by atoms with E-state index >= 15 is 0 Å². The van der Waals surface area contributed by atoms with Gasteiger partial charge >= 0.3 is 0 Å². The summed E-state index contributed by atoms with van der Waals surface area (Å²) in [6, 6.07) is 10.3. The Hall–Kier alpha value is -1.88. The van der Waals surface area contributed by atoms with Gasteiger partial charge in [-0.1, -0.05) is 23.4 Å². The lowest BCUT2D eigenvalue weighted by molar-refractivity contribution is 0.274. The molecule has 0 bridgehead atoms. The molecule has 0 aliphatic heterocycles. The fourth-order valence-corrected chi connectivity index (χ4v) is 2.79. The van der Waals surface area contributed by atoms with Crippen molar-refractivity contribution < 1.29 is 9.26 Å². The maximum absolute atomic E-state index is 5.63. The summed E-state index contributed by atoms with van der Waals surface area (Å²) in [7, 11) is 2.02. The number of benzene rings is 1. The number of rotatable bonds is 5. The van der Waals surface area contributed by atoms with E-state index in [1.54, 1.807) is 0 Å². The SMILES string of the molecule is CNC1CCC(c2nc(COc3ccccc3)no2)CC1. The third-order valence-corrected chi connectivity index (χ3v) is 4.08. The molecular weight excluding hydrogens is 266 g/mol. The third-order valence-electron chi connectivity index (χ3n) is 4.08. The van der Waals surface area contributed by atoms with Crippen LogP contribution in [0.2, 0.25) is 0 Å². The monoisotopic (exact) mass is 287 g/mol. The topological polar surface area (TPSA) is 60.2 Å². The largest absolute Gasteiger partial charge is 0.485 e. The highest BCUT2D eigenvalue weighted by Crippen LogP contribution is 2.31. The zero-order chi connectivity index (χ0) is 14.5. The molecule has 3 rings (SSSR count). The number of aromatic nitrogens is 2. The summed E-state index contributed by atoms with van der Waals surface area (Å²) < 4.78 is 11.0. The van der Waals surface area contributed by atoms with Crippen molar-refractivity contribution in [2.45, 2.75) is 44.2 Å². The quantitative estimate of drug-likeness (QED) is 0.916. The molecule has 0 amide bonds. The van der Waals surface area contributed by atoms with Crippen molar-refractivity contribution in [2.75, 3.05) is 7.05 Å². The summed E-state index contributed by atoms with van der Waals surface area (Å²) in [5, 5.41) is 7.35. The third kappa shape index (κ3) is 3.61. The Morgan fingerprint density at radius 2 is 1.95 bits per heavy atom. The van der Waals surface area contributed by atoms with E-state index < -0.39 is 0 Å². The van der Waals surface area contributed by atoms with Gasteiger partial charge < -0.3 is 14.6 Å². The Morgan fingerprint density at radius 1 is 1.19 bits per heavy atom. The van der Waals surface area contributed by atoms with Gasteiger partial charge in [-0.3, -0.25) is 0 Å². The first-order valence-corrected chi connectivity index (χ1v) is 7.52. The molecule has 1 aliphatic carbocycles. The molecular formula is C16H21N3O2. The number of ether oxygens (including phenoxy) is 1. The van der Waals surface area contributed by atoms with Crippen LogP contribution in [-0.2, 0) is 6.61 Å². The van der Waals surface area contributed by atoms with E-state index in [1.165, 1.54) is 12.8 Å². The summed E-state index contributed by atoms with van der Waals surface area (Å²) in [4.78, 5) is 4.48. The molecule has 0 unspecified atom stereocenters. The molecule has 21 heavy (non-hydrogen) atoms. The molecule has 112 valence electrons. The van der Waals surface area contributed by atoms with Crippen LogP contribution >= 0.6 is 0 Å². The minimum Gasteiger partial charge on any atom is -0.485 e. The van der Waals surface area contributed by atoms with E-state index in [0.717, 1.165) is 24.5 Å². The van der Waals surface area contributed by atoms with E-state index in [1.807, 2.05) is 37.4 Å². The lowest BCUT2D eigenvalue weighted by Crippen LogP contribution is -2.29. The number of hydrogen-bond acceptors (Lipinski definition) is 5. The molecule has 1 N–H and O–H groups in total. The molecule has 1 aliphatic rings. The van der Waals surface area contributed by atoms with Crippen LogP contribution in [0.5, 0.6) is 5.75 Å². The van der Waals surface area contributed by atoms with Crippen LogP contribution in [0, 0.1) is 0 Å². The first kappa shape index (κ1) is 14.1. The van der Waals surface area contributed by atoms with Gasteiger partial charge in [0.1, 0.15) is 5.75 Å². The van der Waals surface area contributed by atoms with Crippen molar-refractivity contribution >= 4 is 0 Å². The second-order valence-corrected chi connectivity index (χ2v) is 5.49. The summed E-state index contributed by atoms with van der Waals surface area (Å²) in [5.41, 5.74) is 0. The summed E-state index contributed by atoms with van der Waals surface area (Å²) in [6.45, 7) is 0.347. The Kier molecular flexibility index (Phi) is 4.50. The standard InChI is InChI=1S/C16H21N3O2/c1-17-13-9-7-12(8-10-13)16-18-15(19-21-16)11-20-14-5-3-2-4-6-14/h2-6,12-13,17H,7-11H2,1H3. The normalized spacial score (nSPS) is 22.1. The van der Waals surface area contributed by atoms with E-state index in [4.69, 9.17) is 9.26 Å². The predicted octanol–water partition coefficient (Wildman–Crippen LogP) is 2.89. The van der Waals surface area contributed by atoms with Crippen LogP contribution < -0.4 is 10.1 Å². The zero-order valence-electron chi connectivity index (χ0n) is 12.3. The van der Waals surface area contributed by atoms with Gasteiger partial charge in [0.25, 0.3) is 0 Å². The van der Waals surface area contributed by atoms with Crippen LogP contribution in [0.3, 0.4) is 0 Å². The zero-order valence-corrected chi connectivity index (χ0v) is 12.3. The van der Waals surface area contributed by atoms with Crippen molar-refractivity contribution in [1.82, 2.24) is 15.5 Å². The van der Waals surface area contributed by atoms with Gasteiger partial charge in [0.2, 0.25) is 11.7 Å². The number of hydrogen-bond donors (Lipinski definition) is 1. The first-order valence-electron chi connectivity index (χ1n) is 7.52. The van der Waals surface area contributed by atoms with Crippen molar-refractivity contribution in [1.29, 1.82) is 0 Å². The number of nitrogens with one attached hydrogen (secondary N) is 1. The lowest BCUT2D eigenvalue weighted by atomic mass is 9.86. The average Bonchev–Trinajstić information content (AvgIpc) is 3.03. The molecule has 1 aromatic carbocycles. The Labute approximate surface area is 124 Å². The average molecular weight is 287 g/mol. The molecule has 1 aromatic heterocycles. The van der Waals surface area contributed by atoms with Crippen LogP contribution in [-0.4, -0.2) is 23.2 Å². The van der Waals surface area contributed by atoms with Gasteiger partial charge in [-0.05, 0) is 44.9 Å². The van der Waals surface area contributed by atoms with Crippen LogP contribution in [0.4, 0.5) is 0 Å². The minimum absolute atomic E-state index is 0.347. The van der Waals surface area contributed by atoms with E-state index in [9.17, 15) is 0 Å². The van der Waals surface area contributed by atoms with Crippen molar-refractivity contribution in [3.63, 3.8) is 0 Å². The fourth-order valence-electron chi connectivity index (χ4n) is 2.79. The summed E-state index contributed by atoms with van der Waals surface area (Å²) in [5.74, 6) is 2.59. The highest BCUT2D eigenvalue weighted by molar-refractivity contribution is 5.20. The van der Waals surface area contributed by atoms with Gasteiger partial charge in [0.15, 0.2) is 6.61 Å². The Morgan fingerprint density at radius 3 is 2.67 bits per heavy atom. The smallest absolute Gasteiger partial charge is 0.229 e. The maximum Gasteiger partial charge on any atom is 0.229 e. The van der Waals surface area contributed by atoms with Gasteiger partial charge in [-0.2, -0.15) is 4.98 Å². The molecule has 0 radical (unpaired) electrons. The molecule has 1 heterocycles. The van der Waals surface area contributed by atoms with Crippen LogP contribution in [0.1, 0.15) is 43.3 Å². The molecule has 1 fully saturated rings. The van der Waals surface area contributed by atoms with Gasteiger partial charge in [-0.25, -0.2) is 0 Å². The minimum atomic E-state index is 0.347. The van der Waals surface area contributed by atoms with E-state index in [0.29, 0.717) is 24.4 Å². The molecule has 5 nitrogen and oxygen atoms in total.